The second-order valence-corrected chi connectivity index (χ2v) is 5.31. The highest BCUT2D eigenvalue weighted by Gasteiger charge is 2.12. The van der Waals surface area contributed by atoms with Gasteiger partial charge in [0.15, 0.2) is 11.5 Å². The number of carbonyl (C=O) groups excluding carboxylic acids is 1. The van der Waals surface area contributed by atoms with E-state index in [0.717, 1.165) is 19.6 Å². The number of hydrogen-bond acceptors (Lipinski definition) is 6. The molecule has 1 saturated heterocycles. The van der Waals surface area contributed by atoms with Crippen molar-refractivity contribution in [2.24, 2.45) is 0 Å². The molecule has 0 spiro atoms. The van der Waals surface area contributed by atoms with E-state index >= 15 is 0 Å². The number of morpholine rings is 1. The number of phenolic OH excluding ortho intramolecular Hbond substituents is 1. The highest BCUT2D eigenvalue weighted by molar-refractivity contribution is 6.01. The van der Waals surface area contributed by atoms with E-state index in [4.69, 9.17) is 9.47 Å². The molecule has 0 atom stereocenters. The first-order chi connectivity index (χ1) is 11.6. The minimum Gasteiger partial charge on any atom is -0.504 e. The SMILES string of the molecule is COc1cc(/C=C(/C#N)C(=O)NCCN2CCOCC2)ccc1O. The third kappa shape index (κ3) is 4.98. The van der Waals surface area contributed by atoms with Gasteiger partial charge in [0.05, 0.1) is 20.3 Å². The molecular weight excluding hydrogens is 310 g/mol. The second kappa shape index (κ2) is 8.91. The predicted octanol–water partition coefficient (Wildman–Crippen LogP) is 0.756. The summed E-state index contributed by atoms with van der Waals surface area (Å²) in [7, 11) is 1.44. The van der Waals surface area contributed by atoms with Gasteiger partial charge in [-0.3, -0.25) is 9.69 Å². The van der Waals surface area contributed by atoms with E-state index < -0.39 is 5.91 Å². The van der Waals surface area contributed by atoms with Crippen molar-refractivity contribution in [1.29, 1.82) is 5.26 Å². The fraction of sp³-hybridized carbons (Fsp3) is 0.412. The number of hydrogen-bond donors (Lipinski definition) is 2. The zero-order chi connectivity index (χ0) is 17.4. The van der Waals surface area contributed by atoms with Gasteiger partial charge < -0.3 is 19.9 Å². The topological polar surface area (TPSA) is 94.8 Å². The van der Waals surface area contributed by atoms with Crippen LogP contribution in [0, 0.1) is 11.3 Å². The van der Waals surface area contributed by atoms with E-state index in [0.29, 0.717) is 25.3 Å². The van der Waals surface area contributed by atoms with Gasteiger partial charge >= 0.3 is 0 Å². The lowest BCUT2D eigenvalue weighted by molar-refractivity contribution is -0.117. The van der Waals surface area contributed by atoms with Crippen molar-refractivity contribution in [1.82, 2.24) is 10.2 Å². The fourth-order valence-electron chi connectivity index (χ4n) is 2.35. The van der Waals surface area contributed by atoms with Crippen molar-refractivity contribution in [3.05, 3.63) is 29.3 Å². The lowest BCUT2D eigenvalue weighted by Gasteiger charge is -2.26. The quantitative estimate of drug-likeness (QED) is 0.590. The number of nitrogens with zero attached hydrogens (tertiary/aromatic N) is 2. The van der Waals surface area contributed by atoms with Crippen molar-refractivity contribution in [2.75, 3.05) is 46.5 Å². The second-order valence-electron chi connectivity index (χ2n) is 5.31. The van der Waals surface area contributed by atoms with Crippen LogP contribution in [-0.4, -0.2) is 62.4 Å². The number of aromatic hydroxyl groups is 1. The maximum atomic E-state index is 12.1. The van der Waals surface area contributed by atoms with Crippen LogP contribution in [0.4, 0.5) is 0 Å². The molecule has 2 N–H and O–H groups in total. The first kappa shape index (κ1) is 17.8. The molecule has 0 radical (unpaired) electrons. The Labute approximate surface area is 141 Å². The molecule has 1 fully saturated rings. The third-order valence-electron chi connectivity index (χ3n) is 3.70. The zero-order valence-electron chi connectivity index (χ0n) is 13.6. The van der Waals surface area contributed by atoms with Gasteiger partial charge in [0, 0.05) is 26.2 Å². The highest BCUT2D eigenvalue weighted by Crippen LogP contribution is 2.27. The summed E-state index contributed by atoms with van der Waals surface area (Å²) >= 11 is 0. The van der Waals surface area contributed by atoms with E-state index in [1.807, 2.05) is 6.07 Å². The van der Waals surface area contributed by atoms with Gasteiger partial charge in [0.25, 0.3) is 5.91 Å². The van der Waals surface area contributed by atoms with Crippen molar-refractivity contribution in [3.63, 3.8) is 0 Å². The number of methoxy groups -OCH3 is 1. The molecule has 1 heterocycles. The van der Waals surface area contributed by atoms with Crippen molar-refractivity contribution < 1.29 is 19.4 Å². The van der Waals surface area contributed by atoms with E-state index in [-0.39, 0.29) is 17.1 Å². The zero-order valence-corrected chi connectivity index (χ0v) is 13.6. The molecule has 0 bridgehead atoms. The first-order valence-electron chi connectivity index (χ1n) is 7.71. The summed E-state index contributed by atoms with van der Waals surface area (Å²) < 4.78 is 10.3. The first-order valence-corrected chi connectivity index (χ1v) is 7.71. The number of nitriles is 1. The van der Waals surface area contributed by atoms with Crippen LogP contribution >= 0.6 is 0 Å². The Balaban J connectivity index is 1.94. The van der Waals surface area contributed by atoms with E-state index in [2.05, 4.69) is 10.2 Å². The number of rotatable bonds is 6. The summed E-state index contributed by atoms with van der Waals surface area (Å²) in [6.45, 7) is 4.31. The van der Waals surface area contributed by atoms with Crippen LogP contribution in [0.25, 0.3) is 6.08 Å². The van der Waals surface area contributed by atoms with Gasteiger partial charge in [0.2, 0.25) is 0 Å². The molecule has 0 unspecified atom stereocenters. The molecule has 7 heteroatoms. The Hall–Kier alpha value is -2.56. The summed E-state index contributed by atoms with van der Waals surface area (Å²) in [5, 5.41) is 21.5. The Kier molecular flexibility index (Phi) is 6.61. The standard InChI is InChI=1S/C17H21N3O4/c1-23-16-11-13(2-3-15(16)21)10-14(12-18)17(22)19-4-5-20-6-8-24-9-7-20/h2-3,10-11,21H,4-9H2,1H3,(H,19,22)/b14-10-. The van der Waals surface area contributed by atoms with Crippen molar-refractivity contribution in [3.8, 4) is 17.6 Å². The van der Waals surface area contributed by atoms with Gasteiger partial charge in [-0.05, 0) is 23.8 Å². The Morgan fingerprint density at radius 2 is 2.25 bits per heavy atom. The van der Waals surface area contributed by atoms with E-state index in [1.165, 1.54) is 19.3 Å². The lowest BCUT2D eigenvalue weighted by Crippen LogP contribution is -2.41. The molecule has 24 heavy (non-hydrogen) atoms. The lowest BCUT2D eigenvalue weighted by atomic mass is 10.1. The van der Waals surface area contributed by atoms with Gasteiger partial charge in [-0.15, -0.1) is 0 Å². The fourth-order valence-corrected chi connectivity index (χ4v) is 2.35. The average molecular weight is 331 g/mol. The van der Waals surface area contributed by atoms with Crippen LogP contribution in [0.1, 0.15) is 5.56 Å². The minimum absolute atomic E-state index is 0.00289. The number of benzene rings is 1. The number of carbonyl (C=O) groups is 1. The molecule has 7 nitrogen and oxygen atoms in total. The van der Waals surface area contributed by atoms with Gasteiger partial charge in [-0.1, -0.05) is 6.07 Å². The van der Waals surface area contributed by atoms with Crippen LogP contribution in [-0.2, 0) is 9.53 Å². The smallest absolute Gasteiger partial charge is 0.261 e. The Bertz CT molecular complexity index is 646. The van der Waals surface area contributed by atoms with E-state index in [1.54, 1.807) is 12.1 Å². The highest BCUT2D eigenvalue weighted by atomic mass is 16.5. The molecule has 0 aliphatic carbocycles. The largest absolute Gasteiger partial charge is 0.504 e. The minimum atomic E-state index is -0.419. The van der Waals surface area contributed by atoms with Gasteiger partial charge in [-0.25, -0.2) is 0 Å². The normalized spacial score (nSPS) is 15.6. The molecule has 1 aromatic carbocycles. The van der Waals surface area contributed by atoms with Crippen LogP contribution in [0.3, 0.4) is 0 Å². The third-order valence-corrected chi connectivity index (χ3v) is 3.70. The molecule has 128 valence electrons. The molecule has 0 aromatic heterocycles. The summed E-state index contributed by atoms with van der Waals surface area (Å²) in [6.07, 6.45) is 1.46. The molecule has 1 aliphatic rings. The average Bonchev–Trinajstić information content (AvgIpc) is 2.61. The molecule has 2 rings (SSSR count). The number of amides is 1. The predicted molar refractivity (Wildman–Crippen MR) is 88.5 cm³/mol. The van der Waals surface area contributed by atoms with Crippen LogP contribution in [0.15, 0.2) is 23.8 Å². The molecule has 0 saturated carbocycles. The summed E-state index contributed by atoms with van der Waals surface area (Å²) in [6, 6.07) is 6.53. The van der Waals surface area contributed by atoms with Gasteiger partial charge in [-0.2, -0.15) is 5.26 Å². The number of ether oxygens (including phenoxy) is 2. The Morgan fingerprint density at radius 3 is 2.92 bits per heavy atom. The van der Waals surface area contributed by atoms with Crippen LogP contribution in [0.2, 0.25) is 0 Å². The number of nitrogens with one attached hydrogen (secondary N) is 1. The maximum absolute atomic E-state index is 12.1. The van der Waals surface area contributed by atoms with E-state index in [9.17, 15) is 15.2 Å². The van der Waals surface area contributed by atoms with Crippen LogP contribution in [0.5, 0.6) is 11.5 Å². The molecule has 1 aromatic rings. The molecule has 1 aliphatic heterocycles. The van der Waals surface area contributed by atoms with Crippen molar-refractivity contribution in [2.45, 2.75) is 0 Å². The monoisotopic (exact) mass is 331 g/mol. The summed E-state index contributed by atoms with van der Waals surface area (Å²) in [5.74, 6) is -0.130. The van der Waals surface area contributed by atoms with Gasteiger partial charge in [0.1, 0.15) is 11.6 Å². The molecular formula is C17H21N3O4. The summed E-state index contributed by atoms with van der Waals surface area (Å²) in [4.78, 5) is 14.3. The maximum Gasteiger partial charge on any atom is 0.261 e. The summed E-state index contributed by atoms with van der Waals surface area (Å²) in [5.41, 5.74) is 0.606. The Morgan fingerprint density at radius 1 is 1.50 bits per heavy atom. The van der Waals surface area contributed by atoms with Crippen LogP contribution < -0.4 is 10.1 Å². The number of phenols is 1. The molecule has 1 amide bonds. The van der Waals surface area contributed by atoms with Crippen molar-refractivity contribution >= 4 is 12.0 Å².